The van der Waals surface area contributed by atoms with Gasteiger partial charge in [0.05, 0.1) is 6.61 Å². The van der Waals surface area contributed by atoms with Gasteiger partial charge in [0.15, 0.2) is 0 Å². The Morgan fingerprint density at radius 2 is 1.85 bits per heavy atom. The lowest BCUT2D eigenvalue weighted by atomic mass is 9.98. The number of nitrogens with zero attached hydrogens (tertiary/aromatic N) is 2. The van der Waals surface area contributed by atoms with Crippen molar-refractivity contribution in [3.63, 3.8) is 0 Å². The quantitative estimate of drug-likeness (QED) is 0.819. The van der Waals surface area contributed by atoms with Crippen LogP contribution in [0.15, 0.2) is 30.3 Å². The number of morpholine rings is 1. The van der Waals surface area contributed by atoms with Gasteiger partial charge in [0.1, 0.15) is 6.10 Å². The summed E-state index contributed by atoms with van der Waals surface area (Å²) in [6.45, 7) is 3.10. The summed E-state index contributed by atoms with van der Waals surface area (Å²) in [6.07, 6.45) is 4.36. The number of likely N-dealkylation sites (N-methyl/N-ethyl adjacent to an activating group) is 1. The van der Waals surface area contributed by atoms with Crippen LogP contribution in [0.2, 0.25) is 0 Å². The fourth-order valence-electron chi connectivity index (χ4n) is 4.59. The lowest BCUT2D eigenvalue weighted by Gasteiger charge is -2.39. The van der Waals surface area contributed by atoms with Gasteiger partial charge in [-0.05, 0) is 31.2 Å². The predicted molar refractivity (Wildman–Crippen MR) is 112 cm³/mol. The minimum atomic E-state index is -0.324. The van der Waals surface area contributed by atoms with E-state index in [1.165, 1.54) is 18.4 Å². The molecule has 1 aromatic carbocycles. The van der Waals surface area contributed by atoms with Crippen molar-refractivity contribution >= 4 is 30.7 Å². The molecule has 1 amide bonds. The van der Waals surface area contributed by atoms with E-state index in [9.17, 15) is 4.79 Å². The minimum Gasteiger partial charge on any atom is -0.366 e. The van der Waals surface area contributed by atoms with Gasteiger partial charge in [0.2, 0.25) is 0 Å². The number of fused-ring (bicyclic) bond motifs is 2. The summed E-state index contributed by atoms with van der Waals surface area (Å²) in [5, 5.41) is 3.65. The number of ether oxygens (including phenoxy) is 1. The Hall–Kier alpha value is -0.850. The Balaban J connectivity index is 0.00000131. The Labute approximate surface area is 174 Å². The third-order valence-electron chi connectivity index (χ3n) is 6.02. The second-order valence-corrected chi connectivity index (χ2v) is 7.79. The summed E-state index contributed by atoms with van der Waals surface area (Å²) < 4.78 is 5.84. The number of carbonyl (C=O) groups is 1. The molecule has 0 aromatic heterocycles. The number of rotatable bonds is 4. The fourth-order valence-corrected chi connectivity index (χ4v) is 4.59. The predicted octanol–water partition coefficient (Wildman–Crippen LogP) is 2.47. The van der Waals surface area contributed by atoms with Crippen LogP contribution in [0.25, 0.3) is 0 Å². The monoisotopic (exact) mass is 415 g/mol. The van der Waals surface area contributed by atoms with Crippen molar-refractivity contribution < 1.29 is 9.53 Å². The Morgan fingerprint density at radius 1 is 1.19 bits per heavy atom. The molecule has 1 N–H and O–H groups in total. The molecule has 1 aromatic rings. The molecule has 3 aliphatic heterocycles. The molecular formula is C20H31Cl2N3O2. The van der Waals surface area contributed by atoms with Gasteiger partial charge in [0, 0.05) is 44.8 Å². The Morgan fingerprint density at radius 3 is 2.52 bits per heavy atom. The van der Waals surface area contributed by atoms with Crippen molar-refractivity contribution in [2.24, 2.45) is 0 Å². The van der Waals surface area contributed by atoms with Crippen LogP contribution in [0.3, 0.4) is 0 Å². The number of benzene rings is 1. The zero-order valence-corrected chi connectivity index (χ0v) is 17.5. The van der Waals surface area contributed by atoms with E-state index in [2.05, 4.69) is 34.5 Å². The first kappa shape index (κ1) is 22.4. The number of piperidine rings is 1. The highest BCUT2D eigenvalue weighted by molar-refractivity contribution is 5.85. The second kappa shape index (κ2) is 10.1. The number of amides is 1. The van der Waals surface area contributed by atoms with E-state index in [1.807, 2.05) is 18.0 Å². The molecular weight excluding hydrogens is 385 g/mol. The molecule has 3 aliphatic rings. The number of hydrogen-bond donors (Lipinski definition) is 1. The van der Waals surface area contributed by atoms with Crippen molar-refractivity contribution in [3.8, 4) is 0 Å². The minimum absolute atomic E-state index is 0. The average molecular weight is 416 g/mol. The van der Waals surface area contributed by atoms with Crippen LogP contribution >= 0.6 is 24.8 Å². The van der Waals surface area contributed by atoms with Crippen molar-refractivity contribution in [1.82, 2.24) is 15.1 Å². The maximum Gasteiger partial charge on any atom is 0.253 e. The Kier molecular flexibility index (Phi) is 8.38. The summed E-state index contributed by atoms with van der Waals surface area (Å²) in [7, 11) is 1.97. The smallest absolute Gasteiger partial charge is 0.253 e. The van der Waals surface area contributed by atoms with Gasteiger partial charge >= 0.3 is 0 Å². The molecule has 5 nitrogen and oxygen atoms in total. The van der Waals surface area contributed by atoms with Crippen LogP contribution in [0, 0.1) is 0 Å². The van der Waals surface area contributed by atoms with E-state index in [0.717, 1.165) is 25.9 Å². The van der Waals surface area contributed by atoms with E-state index in [4.69, 9.17) is 4.74 Å². The van der Waals surface area contributed by atoms with Gasteiger partial charge in [-0.3, -0.25) is 9.69 Å². The molecule has 0 radical (unpaired) electrons. The molecule has 0 aliphatic carbocycles. The van der Waals surface area contributed by atoms with Crippen LogP contribution in [-0.2, 0) is 16.1 Å². The summed E-state index contributed by atoms with van der Waals surface area (Å²) >= 11 is 0. The van der Waals surface area contributed by atoms with Crippen LogP contribution in [0.4, 0.5) is 0 Å². The van der Waals surface area contributed by atoms with E-state index >= 15 is 0 Å². The van der Waals surface area contributed by atoms with Gasteiger partial charge in [-0.2, -0.15) is 0 Å². The molecule has 3 fully saturated rings. The molecule has 0 spiro atoms. The normalized spacial score (nSPS) is 30.1. The van der Waals surface area contributed by atoms with Crippen molar-refractivity contribution in [2.75, 3.05) is 26.7 Å². The summed E-state index contributed by atoms with van der Waals surface area (Å²) in [5.41, 5.74) is 1.29. The molecule has 3 atom stereocenters. The highest BCUT2D eigenvalue weighted by atomic mass is 35.5. The number of carbonyl (C=O) groups excluding carboxylic acids is 1. The van der Waals surface area contributed by atoms with Crippen LogP contribution in [-0.4, -0.2) is 66.7 Å². The maximum absolute atomic E-state index is 13.0. The van der Waals surface area contributed by atoms with Crippen molar-refractivity contribution in [1.29, 1.82) is 0 Å². The molecule has 3 unspecified atom stereocenters. The third-order valence-corrected chi connectivity index (χ3v) is 6.02. The second-order valence-electron chi connectivity index (χ2n) is 7.79. The first-order valence-electron chi connectivity index (χ1n) is 9.59. The topological polar surface area (TPSA) is 44.8 Å². The number of hydrogen-bond acceptors (Lipinski definition) is 4. The molecule has 152 valence electrons. The zero-order chi connectivity index (χ0) is 17.2. The molecule has 4 rings (SSSR count). The van der Waals surface area contributed by atoms with Gasteiger partial charge in [-0.25, -0.2) is 0 Å². The van der Waals surface area contributed by atoms with Crippen LogP contribution < -0.4 is 5.32 Å². The van der Waals surface area contributed by atoms with E-state index < -0.39 is 0 Å². The summed E-state index contributed by atoms with van der Waals surface area (Å²) in [5.74, 6) is 0.157. The fraction of sp³-hybridized carbons (Fsp3) is 0.650. The Bertz CT molecular complexity index is 592. The van der Waals surface area contributed by atoms with Crippen LogP contribution in [0.1, 0.15) is 31.2 Å². The standard InChI is InChI=1S/C20H29N3O2.2ClH/c1-22(18-11-16-7-8-17(12-18)21-16)20(24)19-14-23(9-10-25-19)13-15-5-3-2-4-6-15;;/h2-6,16-19,21H,7-14H2,1H3;2*1H. The van der Waals surface area contributed by atoms with E-state index in [1.54, 1.807) is 0 Å². The number of halogens is 2. The van der Waals surface area contributed by atoms with Gasteiger partial charge in [-0.1, -0.05) is 30.3 Å². The maximum atomic E-state index is 13.0. The van der Waals surface area contributed by atoms with Crippen LogP contribution in [0.5, 0.6) is 0 Å². The van der Waals surface area contributed by atoms with Gasteiger partial charge in [-0.15, -0.1) is 24.8 Å². The largest absolute Gasteiger partial charge is 0.366 e. The van der Waals surface area contributed by atoms with E-state index in [0.29, 0.717) is 31.3 Å². The first-order valence-corrected chi connectivity index (χ1v) is 9.59. The number of nitrogens with one attached hydrogen (secondary N) is 1. The third kappa shape index (κ3) is 5.36. The molecule has 3 saturated heterocycles. The lowest BCUT2D eigenvalue weighted by Crippen LogP contribution is -2.55. The van der Waals surface area contributed by atoms with Crippen molar-refractivity contribution in [2.45, 2.75) is 56.5 Å². The average Bonchev–Trinajstić information content (AvgIpc) is 2.99. The summed E-state index contributed by atoms with van der Waals surface area (Å²) in [6, 6.07) is 12.0. The molecule has 27 heavy (non-hydrogen) atoms. The highest BCUT2D eigenvalue weighted by Gasteiger charge is 2.38. The zero-order valence-electron chi connectivity index (χ0n) is 15.9. The molecule has 2 bridgehead atoms. The van der Waals surface area contributed by atoms with Gasteiger partial charge < -0.3 is 15.0 Å². The van der Waals surface area contributed by atoms with E-state index in [-0.39, 0.29) is 36.8 Å². The SMILES string of the molecule is CN(C(=O)C1CN(Cc2ccccc2)CCO1)C1CC2CCC(C1)N2.Cl.Cl. The first-order chi connectivity index (χ1) is 12.2. The van der Waals surface area contributed by atoms with Crippen molar-refractivity contribution in [3.05, 3.63) is 35.9 Å². The highest BCUT2D eigenvalue weighted by Crippen LogP contribution is 2.29. The van der Waals surface area contributed by atoms with Gasteiger partial charge in [0.25, 0.3) is 5.91 Å². The molecule has 7 heteroatoms. The molecule has 3 heterocycles. The summed E-state index contributed by atoms with van der Waals surface area (Å²) in [4.78, 5) is 17.3. The molecule has 0 saturated carbocycles. The lowest BCUT2D eigenvalue weighted by molar-refractivity contribution is -0.151.